The van der Waals surface area contributed by atoms with Crippen molar-refractivity contribution in [2.45, 2.75) is 37.5 Å². The first-order chi connectivity index (χ1) is 18.4. The average molecular weight is 533 g/mol. The Balaban J connectivity index is 1.43. The molecule has 2 saturated heterocycles. The van der Waals surface area contributed by atoms with Gasteiger partial charge in [0, 0.05) is 25.2 Å². The normalized spacial score (nSPS) is 20.2. The highest BCUT2D eigenvalue weighted by atomic mass is 35.5. The van der Waals surface area contributed by atoms with Gasteiger partial charge in [-0.05, 0) is 48.7 Å². The second-order valence-electron chi connectivity index (χ2n) is 9.66. The van der Waals surface area contributed by atoms with Crippen molar-refractivity contribution in [3.05, 3.63) is 95.5 Å². The van der Waals surface area contributed by atoms with E-state index in [1.807, 2.05) is 78.9 Å². The van der Waals surface area contributed by atoms with Gasteiger partial charge in [0.15, 0.2) is 6.04 Å². The van der Waals surface area contributed by atoms with E-state index in [1.165, 1.54) is 9.80 Å². The van der Waals surface area contributed by atoms with E-state index >= 15 is 0 Å². The molecule has 3 atom stereocenters. The Kier molecular flexibility index (Phi) is 7.24. The Morgan fingerprint density at radius 1 is 0.868 bits per heavy atom. The summed E-state index contributed by atoms with van der Waals surface area (Å²) in [7, 11) is 1.69. The number of aliphatic carboxylic acids is 1. The van der Waals surface area contributed by atoms with Gasteiger partial charge in [0.25, 0.3) is 0 Å². The molecule has 8 nitrogen and oxygen atoms in total. The summed E-state index contributed by atoms with van der Waals surface area (Å²) in [6, 6.07) is 22.9. The summed E-state index contributed by atoms with van der Waals surface area (Å²) in [5, 5.41) is 10.9. The maximum absolute atomic E-state index is 14.1. The fourth-order valence-electron chi connectivity index (χ4n) is 5.54. The second-order valence-corrected chi connectivity index (χ2v) is 10.1. The molecule has 0 radical (unpaired) electrons. The van der Waals surface area contributed by atoms with Crippen molar-refractivity contribution in [2.24, 2.45) is 0 Å². The molecule has 2 fully saturated rings. The number of benzene rings is 3. The van der Waals surface area contributed by atoms with E-state index in [4.69, 9.17) is 11.6 Å². The first-order valence-electron chi connectivity index (χ1n) is 12.6. The molecule has 5 rings (SSSR count). The molecule has 1 unspecified atom stereocenters. The molecule has 0 aliphatic carbocycles. The molecule has 9 heteroatoms. The number of carboxylic acid groups (broad SMARTS) is 1. The fraction of sp³-hybridized carbons (Fsp3) is 0.276. The van der Waals surface area contributed by atoms with Crippen LogP contribution in [0.15, 0.2) is 84.9 Å². The van der Waals surface area contributed by atoms with E-state index in [9.17, 15) is 19.5 Å². The SMILES string of the molecule is CN(Cc1ccccc1Cl)C(=O)N1C2CC[C@@H]1[C@@H](C(=O)O)N(C(=O)N(c1ccccc1)c1ccccc1)C2. The third-order valence-corrected chi connectivity index (χ3v) is 7.65. The van der Waals surface area contributed by atoms with Gasteiger partial charge in [-0.1, -0.05) is 66.2 Å². The first kappa shape index (κ1) is 25.6. The molecule has 0 aromatic heterocycles. The minimum absolute atomic E-state index is 0.133. The molecule has 2 aliphatic heterocycles. The Labute approximate surface area is 226 Å². The number of fused-ring (bicyclic) bond motifs is 2. The van der Waals surface area contributed by atoms with Gasteiger partial charge in [-0.3, -0.25) is 4.90 Å². The lowest BCUT2D eigenvalue weighted by Gasteiger charge is -2.47. The number of anilines is 2. The highest BCUT2D eigenvalue weighted by Gasteiger charge is 2.54. The number of halogens is 1. The predicted octanol–water partition coefficient (Wildman–Crippen LogP) is 5.45. The van der Waals surface area contributed by atoms with Crippen LogP contribution in [0, 0.1) is 0 Å². The lowest BCUT2D eigenvalue weighted by Crippen LogP contribution is -2.67. The van der Waals surface area contributed by atoms with Crippen molar-refractivity contribution in [2.75, 3.05) is 18.5 Å². The molecule has 3 aromatic rings. The van der Waals surface area contributed by atoms with E-state index in [-0.39, 0.29) is 18.6 Å². The lowest BCUT2D eigenvalue weighted by molar-refractivity contribution is -0.145. The number of carbonyl (C=O) groups excluding carboxylic acids is 2. The fourth-order valence-corrected chi connectivity index (χ4v) is 5.74. The van der Waals surface area contributed by atoms with Crippen LogP contribution in [0.3, 0.4) is 0 Å². The molecule has 0 saturated carbocycles. The highest BCUT2D eigenvalue weighted by Crippen LogP contribution is 2.38. The first-order valence-corrected chi connectivity index (χ1v) is 12.9. The van der Waals surface area contributed by atoms with Crippen LogP contribution in [-0.2, 0) is 11.3 Å². The molecular formula is C29H29ClN4O4. The van der Waals surface area contributed by atoms with Crippen LogP contribution in [0.5, 0.6) is 0 Å². The number of hydrogen-bond acceptors (Lipinski definition) is 3. The Morgan fingerprint density at radius 2 is 1.45 bits per heavy atom. The number of likely N-dealkylation sites (tertiary alicyclic amines) is 1. The zero-order valence-electron chi connectivity index (χ0n) is 21.0. The number of carbonyl (C=O) groups is 3. The zero-order valence-corrected chi connectivity index (χ0v) is 21.7. The van der Waals surface area contributed by atoms with Crippen molar-refractivity contribution in [3.8, 4) is 0 Å². The summed E-state index contributed by atoms with van der Waals surface area (Å²) in [6.07, 6.45) is 1.13. The molecule has 0 spiro atoms. The number of urea groups is 2. The van der Waals surface area contributed by atoms with Crippen LogP contribution < -0.4 is 4.90 Å². The minimum atomic E-state index is -1.17. The average Bonchev–Trinajstić information content (AvgIpc) is 3.22. The van der Waals surface area contributed by atoms with Crippen LogP contribution in [0.4, 0.5) is 21.0 Å². The summed E-state index contributed by atoms with van der Waals surface area (Å²) < 4.78 is 0. The van der Waals surface area contributed by atoms with Gasteiger partial charge in [0.1, 0.15) is 0 Å². The van der Waals surface area contributed by atoms with E-state index in [2.05, 4.69) is 0 Å². The molecule has 2 heterocycles. The molecule has 4 amide bonds. The van der Waals surface area contributed by atoms with Gasteiger partial charge in [0.05, 0.1) is 23.5 Å². The monoisotopic (exact) mass is 532 g/mol. The molecule has 38 heavy (non-hydrogen) atoms. The Morgan fingerprint density at radius 3 is 2.03 bits per heavy atom. The van der Waals surface area contributed by atoms with Crippen LogP contribution >= 0.6 is 11.6 Å². The molecular weight excluding hydrogens is 504 g/mol. The van der Waals surface area contributed by atoms with Crippen molar-refractivity contribution >= 4 is 41.0 Å². The maximum Gasteiger partial charge on any atom is 0.329 e. The largest absolute Gasteiger partial charge is 0.480 e. The molecule has 2 aliphatic rings. The standard InChI is InChI=1S/C29H29ClN4O4/c1-31(18-20-10-8-9-15-24(20)30)28(37)34-23-16-17-25(34)26(27(35)36)32(19-23)29(38)33(21-11-4-2-5-12-21)22-13-6-3-7-14-22/h2-15,23,25-26H,16-19H2,1H3,(H,35,36)/t23?,25-,26+/m1/s1. The predicted molar refractivity (Wildman–Crippen MR) is 146 cm³/mol. The topological polar surface area (TPSA) is 84.4 Å². The number of nitrogens with zero attached hydrogens (tertiary/aromatic N) is 4. The van der Waals surface area contributed by atoms with Gasteiger partial charge in [-0.15, -0.1) is 0 Å². The second kappa shape index (κ2) is 10.8. The van der Waals surface area contributed by atoms with E-state index in [0.29, 0.717) is 35.8 Å². The Bertz CT molecular complexity index is 1280. The van der Waals surface area contributed by atoms with Crippen molar-refractivity contribution < 1.29 is 19.5 Å². The minimum Gasteiger partial charge on any atom is -0.480 e. The van der Waals surface area contributed by atoms with E-state index in [1.54, 1.807) is 22.9 Å². The van der Waals surface area contributed by atoms with Crippen LogP contribution in [-0.4, -0.2) is 69.6 Å². The van der Waals surface area contributed by atoms with Gasteiger partial charge < -0.3 is 19.8 Å². The quantitative estimate of drug-likeness (QED) is 0.473. The number of carboxylic acids is 1. The van der Waals surface area contributed by atoms with E-state index < -0.39 is 24.1 Å². The van der Waals surface area contributed by atoms with Crippen molar-refractivity contribution in [1.82, 2.24) is 14.7 Å². The third kappa shape index (κ3) is 4.79. The van der Waals surface area contributed by atoms with Crippen molar-refractivity contribution in [1.29, 1.82) is 0 Å². The summed E-state index contributed by atoms with van der Waals surface area (Å²) in [5.74, 6) is -1.13. The smallest absolute Gasteiger partial charge is 0.329 e. The van der Waals surface area contributed by atoms with Gasteiger partial charge in [-0.2, -0.15) is 0 Å². The van der Waals surface area contributed by atoms with Crippen LogP contribution in [0.1, 0.15) is 18.4 Å². The van der Waals surface area contributed by atoms with Crippen molar-refractivity contribution in [3.63, 3.8) is 0 Å². The van der Waals surface area contributed by atoms with Gasteiger partial charge >= 0.3 is 18.0 Å². The summed E-state index contributed by atoms with van der Waals surface area (Å²) in [4.78, 5) is 46.5. The van der Waals surface area contributed by atoms with Gasteiger partial charge in [-0.25, -0.2) is 14.4 Å². The number of rotatable bonds is 5. The zero-order chi connectivity index (χ0) is 26.8. The lowest BCUT2D eigenvalue weighted by atomic mass is 10.0. The van der Waals surface area contributed by atoms with E-state index in [0.717, 1.165) is 5.56 Å². The third-order valence-electron chi connectivity index (χ3n) is 7.29. The molecule has 1 N–H and O–H groups in total. The molecule has 2 bridgehead atoms. The highest BCUT2D eigenvalue weighted by molar-refractivity contribution is 6.31. The summed E-state index contributed by atoms with van der Waals surface area (Å²) >= 11 is 6.30. The summed E-state index contributed by atoms with van der Waals surface area (Å²) in [6.45, 7) is 0.429. The summed E-state index contributed by atoms with van der Waals surface area (Å²) in [5.41, 5.74) is 2.08. The van der Waals surface area contributed by atoms with Crippen LogP contribution in [0.2, 0.25) is 5.02 Å². The maximum atomic E-state index is 14.1. The van der Waals surface area contributed by atoms with Crippen LogP contribution in [0.25, 0.3) is 0 Å². The van der Waals surface area contributed by atoms with Gasteiger partial charge in [0.2, 0.25) is 0 Å². The number of piperazine rings is 1. The Hall–Kier alpha value is -4.04. The number of amides is 4. The number of hydrogen-bond donors (Lipinski definition) is 1. The number of para-hydroxylation sites is 2. The molecule has 3 aromatic carbocycles. The molecule has 196 valence electrons.